The van der Waals surface area contributed by atoms with Crippen molar-refractivity contribution in [3.8, 4) is 0 Å². The Morgan fingerprint density at radius 3 is 1.55 bits per heavy atom. The summed E-state index contributed by atoms with van der Waals surface area (Å²) in [4.78, 5) is 4.53. The first-order valence-corrected chi connectivity index (χ1v) is 8.63. The summed E-state index contributed by atoms with van der Waals surface area (Å²) < 4.78 is 0. The Labute approximate surface area is 139 Å². The van der Waals surface area contributed by atoms with Crippen molar-refractivity contribution in [1.82, 2.24) is 9.80 Å². The standard InChI is InChI=1S/C9H20N2O.C8H18.CH4O/c1-9(2,3)11-6-4-10(8-12)5-7-11;1-5-6-7-8(2,3)4;1-2/h12H,4-8H2,1-3H3;5-7H2,1-4H3;2H,1H3. The van der Waals surface area contributed by atoms with E-state index >= 15 is 0 Å². The quantitative estimate of drug-likeness (QED) is 0.839. The Balaban J connectivity index is 0. The van der Waals surface area contributed by atoms with Gasteiger partial charge < -0.3 is 10.2 Å². The second kappa shape index (κ2) is 12.3. The number of rotatable bonds is 3. The molecule has 0 unspecified atom stereocenters. The van der Waals surface area contributed by atoms with Crippen LogP contribution in [0.4, 0.5) is 0 Å². The molecule has 4 heteroatoms. The van der Waals surface area contributed by atoms with Crippen molar-refractivity contribution in [3.63, 3.8) is 0 Å². The average molecular weight is 319 g/mol. The zero-order chi connectivity index (χ0) is 17.8. The smallest absolute Gasteiger partial charge is 0.0957 e. The van der Waals surface area contributed by atoms with Gasteiger partial charge in [-0.1, -0.05) is 40.5 Å². The van der Waals surface area contributed by atoms with Gasteiger partial charge in [-0.05, 0) is 32.6 Å². The Morgan fingerprint density at radius 1 is 0.864 bits per heavy atom. The van der Waals surface area contributed by atoms with Crippen LogP contribution in [-0.4, -0.2) is 65.6 Å². The van der Waals surface area contributed by atoms with E-state index in [1.54, 1.807) is 0 Å². The maximum atomic E-state index is 8.89. The van der Waals surface area contributed by atoms with Crippen LogP contribution in [-0.2, 0) is 0 Å². The van der Waals surface area contributed by atoms with Crippen molar-refractivity contribution >= 4 is 0 Å². The van der Waals surface area contributed by atoms with E-state index in [1.165, 1.54) is 19.3 Å². The molecule has 0 radical (unpaired) electrons. The summed E-state index contributed by atoms with van der Waals surface area (Å²) in [6.07, 6.45) is 4.07. The van der Waals surface area contributed by atoms with E-state index < -0.39 is 0 Å². The van der Waals surface area contributed by atoms with Gasteiger partial charge in [0.05, 0.1) is 6.73 Å². The molecule has 1 aliphatic rings. The molecule has 0 aromatic carbocycles. The van der Waals surface area contributed by atoms with E-state index in [4.69, 9.17) is 10.2 Å². The molecule has 2 N–H and O–H groups in total. The summed E-state index contributed by atoms with van der Waals surface area (Å²) in [7, 11) is 1.00. The molecule has 0 amide bonds. The highest BCUT2D eigenvalue weighted by atomic mass is 16.3. The SMILES string of the molecule is CC(C)(C)N1CCN(CO)CC1.CCCCC(C)(C)C.CO. The Hall–Kier alpha value is -0.160. The van der Waals surface area contributed by atoms with E-state index in [1.807, 2.05) is 0 Å². The van der Waals surface area contributed by atoms with Gasteiger partial charge in [-0.2, -0.15) is 0 Å². The number of hydrogen-bond donors (Lipinski definition) is 2. The van der Waals surface area contributed by atoms with Crippen molar-refractivity contribution in [2.24, 2.45) is 5.41 Å². The van der Waals surface area contributed by atoms with Crippen LogP contribution in [0.2, 0.25) is 0 Å². The predicted molar refractivity (Wildman–Crippen MR) is 97.1 cm³/mol. The lowest BCUT2D eigenvalue weighted by Gasteiger charge is -2.41. The van der Waals surface area contributed by atoms with Crippen molar-refractivity contribution in [2.45, 2.75) is 73.3 Å². The number of unbranched alkanes of at least 4 members (excludes halogenated alkanes) is 1. The van der Waals surface area contributed by atoms with Crippen molar-refractivity contribution in [2.75, 3.05) is 40.0 Å². The van der Waals surface area contributed by atoms with E-state index in [9.17, 15) is 0 Å². The van der Waals surface area contributed by atoms with E-state index in [-0.39, 0.29) is 12.3 Å². The summed E-state index contributed by atoms with van der Waals surface area (Å²) in [5, 5.41) is 15.9. The molecule has 22 heavy (non-hydrogen) atoms. The number of aliphatic hydroxyl groups is 2. The highest BCUT2D eigenvalue weighted by Gasteiger charge is 2.25. The Kier molecular flexibility index (Phi) is 13.5. The van der Waals surface area contributed by atoms with Gasteiger partial charge in [-0.25, -0.2) is 0 Å². The fourth-order valence-corrected chi connectivity index (χ4v) is 2.27. The molecule has 1 fully saturated rings. The van der Waals surface area contributed by atoms with E-state index in [2.05, 4.69) is 58.3 Å². The third-order valence-electron chi connectivity index (χ3n) is 3.80. The van der Waals surface area contributed by atoms with E-state index in [0.29, 0.717) is 5.41 Å². The van der Waals surface area contributed by atoms with Gasteiger partial charge in [0.25, 0.3) is 0 Å². The van der Waals surface area contributed by atoms with Crippen LogP contribution in [0, 0.1) is 5.41 Å². The number of hydrogen-bond acceptors (Lipinski definition) is 4. The highest BCUT2D eigenvalue weighted by molar-refractivity contribution is 4.80. The summed E-state index contributed by atoms with van der Waals surface area (Å²) >= 11 is 0. The summed E-state index contributed by atoms with van der Waals surface area (Å²) in [5.41, 5.74) is 0.831. The van der Waals surface area contributed by atoms with Gasteiger partial charge in [-0.15, -0.1) is 0 Å². The zero-order valence-corrected chi connectivity index (χ0v) is 16.4. The van der Waals surface area contributed by atoms with Gasteiger partial charge in [0, 0.05) is 38.8 Å². The fourth-order valence-electron chi connectivity index (χ4n) is 2.27. The largest absolute Gasteiger partial charge is 0.400 e. The molecule has 0 aliphatic carbocycles. The summed E-state index contributed by atoms with van der Waals surface area (Å²) in [5.74, 6) is 0. The molecule has 0 bridgehead atoms. The fraction of sp³-hybridized carbons (Fsp3) is 1.00. The molecule has 0 aromatic rings. The van der Waals surface area contributed by atoms with Crippen LogP contribution < -0.4 is 0 Å². The minimum atomic E-state index is 0.206. The third-order valence-corrected chi connectivity index (χ3v) is 3.80. The minimum absolute atomic E-state index is 0.206. The molecule has 0 saturated carbocycles. The first kappa shape index (κ1) is 24.1. The molecular formula is C18H42N2O2. The van der Waals surface area contributed by atoms with Crippen molar-refractivity contribution in [1.29, 1.82) is 0 Å². The predicted octanol–water partition coefficient (Wildman–Crippen LogP) is 3.18. The molecular weight excluding hydrogens is 276 g/mol. The number of nitrogens with zero attached hydrogens (tertiary/aromatic N) is 2. The molecule has 0 spiro atoms. The normalized spacial score (nSPS) is 17.2. The summed E-state index contributed by atoms with van der Waals surface area (Å²) in [6.45, 7) is 20.2. The third kappa shape index (κ3) is 13.5. The molecule has 0 aromatic heterocycles. The minimum Gasteiger partial charge on any atom is -0.400 e. The number of aliphatic hydroxyl groups excluding tert-OH is 2. The average Bonchev–Trinajstić information content (AvgIpc) is 2.46. The van der Waals surface area contributed by atoms with E-state index in [0.717, 1.165) is 33.3 Å². The first-order chi connectivity index (χ1) is 10.1. The van der Waals surface area contributed by atoms with Crippen molar-refractivity contribution in [3.05, 3.63) is 0 Å². The van der Waals surface area contributed by atoms with Crippen LogP contribution in [0.1, 0.15) is 67.7 Å². The molecule has 1 saturated heterocycles. The molecule has 1 rings (SSSR count). The van der Waals surface area contributed by atoms with Crippen LogP contribution in [0.3, 0.4) is 0 Å². The topological polar surface area (TPSA) is 46.9 Å². The molecule has 0 atom stereocenters. The maximum absolute atomic E-state index is 8.89. The zero-order valence-electron chi connectivity index (χ0n) is 16.4. The summed E-state index contributed by atoms with van der Waals surface area (Å²) in [6, 6.07) is 0. The Morgan fingerprint density at radius 2 is 1.32 bits per heavy atom. The van der Waals surface area contributed by atoms with Crippen LogP contribution >= 0.6 is 0 Å². The van der Waals surface area contributed by atoms with Crippen LogP contribution in [0.5, 0.6) is 0 Å². The first-order valence-electron chi connectivity index (χ1n) is 8.63. The molecule has 1 heterocycles. The van der Waals surface area contributed by atoms with Crippen LogP contribution in [0.25, 0.3) is 0 Å². The van der Waals surface area contributed by atoms with Gasteiger partial charge in [-0.3, -0.25) is 9.80 Å². The molecule has 136 valence electrons. The lowest BCUT2D eigenvalue weighted by atomic mass is 9.90. The van der Waals surface area contributed by atoms with Gasteiger partial charge in [0.2, 0.25) is 0 Å². The number of piperazine rings is 1. The maximum Gasteiger partial charge on any atom is 0.0957 e. The monoisotopic (exact) mass is 318 g/mol. The second-order valence-electron chi connectivity index (χ2n) is 8.08. The second-order valence-corrected chi connectivity index (χ2v) is 8.08. The van der Waals surface area contributed by atoms with Gasteiger partial charge in [0.1, 0.15) is 0 Å². The van der Waals surface area contributed by atoms with Gasteiger partial charge >= 0.3 is 0 Å². The highest BCUT2D eigenvalue weighted by Crippen LogP contribution is 2.20. The Bertz CT molecular complexity index is 236. The van der Waals surface area contributed by atoms with Crippen molar-refractivity contribution < 1.29 is 10.2 Å². The molecule has 1 aliphatic heterocycles. The van der Waals surface area contributed by atoms with Gasteiger partial charge in [0.15, 0.2) is 0 Å². The molecule has 4 nitrogen and oxygen atoms in total. The lowest BCUT2D eigenvalue weighted by Crippen LogP contribution is -2.53. The van der Waals surface area contributed by atoms with Crippen LogP contribution in [0.15, 0.2) is 0 Å². The lowest BCUT2D eigenvalue weighted by molar-refractivity contribution is 0.0197.